The van der Waals surface area contributed by atoms with E-state index in [9.17, 15) is 0 Å². The standard InChI is InChI=1S/C16H25NO/c1-18-11-4-2-3-10-17-13-14-8-9-15-6-5-7-16(15)12-14/h8-9,12,17H,2-7,10-11,13H2,1H3. The summed E-state index contributed by atoms with van der Waals surface area (Å²) in [6, 6.07) is 6.99. The molecule has 0 saturated heterocycles. The summed E-state index contributed by atoms with van der Waals surface area (Å²) in [6.45, 7) is 3.02. The predicted octanol–water partition coefficient (Wildman–Crippen LogP) is 3.08. The lowest BCUT2D eigenvalue weighted by Gasteiger charge is -2.07. The summed E-state index contributed by atoms with van der Waals surface area (Å²) in [5, 5.41) is 3.53. The third kappa shape index (κ3) is 4.11. The van der Waals surface area contributed by atoms with Gasteiger partial charge in [0.1, 0.15) is 0 Å². The Balaban J connectivity index is 1.62. The largest absolute Gasteiger partial charge is 0.385 e. The molecule has 0 bridgehead atoms. The molecule has 0 saturated carbocycles. The van der Waals surface area contributed by atoms with E-state index in [0.29, 0.717) is 0 Å². The molecule has 18 heavy (non-hydrogen) atoms. The number of ether oxygens (including phenoxy) is 1. The predicted molar refractivity (Wildman–Crippen MR) is 75.9 cm³/mol. The Morgan fingerprint density at radius 3 is 2.89 bits per heavy atom. The van der Waals surface area contributed by atoms with Crippen molar-refractivity contribution in [1.82, 2.24) is 5.32 Å². The first-order chi connectivity index (χ1) is 8.90. The van der Waals surface area contributed by atoms with E-state index in [1.807, 2.05) is 0 Å². The van der Waals surface area contributed by atoms with Crippen LogP contribution in [0.3, 0.4) is 0 Å². The number of hydrogen-bond donors (Lipinski definition) is 1. The van der Waals surface area contributed by atoms with E-state index in [-0.39, 0.29) is 0 Å². The SMILES string of the molecule is COCCCCCNCc1ccc2c(c1)CCC2. The molecule has 100 valence electrons. The van der Waals surface area contributed by atoms with Crippen molar-refractivity contribution in [3.8, 4) is 0 Å². The first-order valence-corrected chi connectivity index (χ1v) is 7.20. The van der Waals surface area contributed by atoms with Gasteiger partial charge in [-0.3, -0.25) is 0 Å². The average molecular weight is 247 g/mol. The van der Waals surface area contributed by atoms with Crippen molar-refractivity contribution in [3.63, 3.8) is 0 Å². The summed E-state index contributed by atoms with van der Waals surface area (Å²) in [4.78, 5) is 0. The van der Waals surface area contributed by atoms with E-state index in [4.69, 9.17) is 4.74 Å². The Bertz CT molecular complexity index is 362. The highest BCUT2D eigenvalue weighted by Crippen LogP contribution is 2.22. The zero-order valence-electron chi connectivity index (χ0n) is 11.5. The van der Waals surface area contributed by atoms with Gasteiger partial charge in [-0.25, -0.2) is 0 Å². The minimum Gasteiger partial charge on any atom is -0.385 e. The molecule has 0 aromatic heterocycles. The van der Waals surface area contributed by atoms with Gasteiger partial charge in [-0.1, -0.05) is 18.2 Å². The van der Waals surface area contributed by atoms with E-state index in [1.165, 1.54) is 44.1 Å². The number of nitrogens with one attached hydrogen (secondary N) is 1. The fraction of sp³-hybridized carbons (Fsp3) is 0.625. The van der Waals surface area contributed by atoms with E-state index < -0.39 is 0 Å². The molecule has 0 aliphatic heterocycles. The van der Waals surface area contributed by atoms with Crippen molar-refractivity contribution in [2.75, 3.05) is 20.3 Å². The van der Waals surface area contributed by atoms with Crippen molar-refractivity contribution < 1.29 is 4.74 Å². The third-order valence-corrected chi connectivity index (χ3v) is 3.69. The molecule has 0 atom stereocenters. The first-order valence-electron chi connectivity index (χ1n) is 7.20. The Morgan fingerprint density at radius 2 is 2.00 bits per heavy atom. The number of hydrogen-bond acceptors (Lipinski definition) is 2. The Hall–Kier alpha value is -0.860. The van der Waals surface area contributed by atoms with Crippen LogP contribution in [0.25, 0.3) is 0 Å². The molecular weight excluding hydrogens is 222 g/mol. The molecule has 0 spiro atoms. The maximum atomic E-state index is 5.04. The second kappa shape index (κ2) is 7.55. The molecule has 1 aliphatic carbocycles. The van der Waals surface area contributed by atoms with Crippen LogP contribution >= 0.6 is 0 Å². The highest BCUT2D eigenvalue weighted by molar-refractivity contribution is 5.35. The van der Waals surface area contributed by atoms with Crippen LogP contribution in [-0.4, -0.2) is 20.3 Å². The molecule has 2 heteroatoms. The quantitative estimate of drug-likeness (QED) is 0.713. The number of benzene rings is 1. The maximum Gasteiger partial charge on any atom is 0.0462 e. The van der Waals surface area contributed by atoms with E-state index in [0.717, 1.165) is 19.7 Å². The Labute approximate surface area is 111 Å². The molecule has 2 rings (SSSR count). The molecule has 1 aromatic carbocycles. The van der Waals surface area contributed by atoms with Crippen LogP contribution in [0, 0.1) is 0 Å². The Morgan fingerprint density at radius 1 is 1.11 bits per heavy atom. The smallest absolute Gasteiger partial charge is 0.0462 e. The minimum absolute atomic E-state index is 0.894. The molecule has 1 N–H and O–H groups in total. The monoisotopic (exact) mass is 247 g/mol. The van der Waals surface area contributed by atoms with Crippen LogP contribution in [0.4, 0.5) is 0 Å². The molecule has 0 heterocycles. The highest BCUT2D eigenvalue weighted by atomic mass is 16.5. The van der Waals surface area contributed by atoms with E-state index in [1.54, 1.807) is 18.2 Å². The molecule has 1 aliphatic rings. The maximum absolute atomic E-state index is 5.04. The summed E-state index contributed by atoms with van der Waals surface area (Å²) in [6.07, 6.45) is 7.57. The van der Waals surface area contributed by atoms with Gasteiger partial charge >= 0.3 is 0 Å². The molecule has 2 nitrogen and oxygen atoms in total. The van der Waals surface area contributed by atoms with Crippen LogP contribution < -0.4 is 5.32 Å². The zero-order chi connectivity index (χ0) is 12.6. The molecule has 1 aromatic rings. The summed E-state index contributed by atoms with van der Waals surface area (Å²) >= 11 is 0. The molecule has 0 fully saturated rings. The second-order valence-electron chi connectivity index (χ2n) is 5.19. The first kappa shape index (κ1) is 13.6. The number of aryl methyl sites for hydroxylation is 2. The second-order valence-corrected chi connectivity index (χ2v) is 5.19. The number of fused-ring (bicyclic) bond motifs is 1. The number of methoxy groups -OCH3 is 1. The van der Waals surface area contributed by atoms with Crippen molar-refractivity contribution in [2.24, 2.45) is 0 Å². The van der Waals surface area contributed by atoms with Gasteiger partial charge in [0.15, 0.2) is 0 Å². The van der Waals surface area contributed by atoms with Crippen molar-refractivity contribution >= 4 is 0 Å². The minimum atomic E-state index is 0.894. The van der Waals surface area contributed by atoms with E-state index in [2.05, 4.69) is 23.5 Å². The van der Waals surface area contributed by atoms with Crippen molar-refractivity contribution in [1.29, 1.82) is 0 Å². The van der Waals surface area contributed by atoms with Gasteiger partial charge in [0.05, 0.1) is 0 Å². The van der Waals surface area contributed by atoms with Crippen LogP contribution in [0.1, 0.15) is 42.4 Å². The highest BCUT2D eigenvalue weighted by Gasteiger charge is 2.10. The summed E-state index contributed by atoms with van der Waals surface area (Å²) in [7, 11) is 1.77. The fourth-order valence-electron chi connectivity index (χ4n) is 2.64. The lowest BCUT2D eigenvalue weighted by Crippen LogP contribution is -2.14. The summed E-state index contributed by atoms with van der Waals surface area (Å²) < 4.78 is 5.04. The van der Waals surface area contributed by atoms with Crippen LogP contribution in [0.5, 0.6) is 0 Å². The molecule has 0 amide bonds. The van der Waals surface area contributed by atoms with Crippen molar-refractivity contribution in [3.05, 3.63) is 34.9 Å². The fourth-order valence-corrected chi connectivity index (χ4v) is 2.64. The number of unbranched alkanes of at least 4 members (excludes halogenated alkanes) is 2. The normalized spacial score (nSPS) is 13.8. The topological polar surface area (TPSA) is 21.3 Å². The van der Waals surface area contributed by atoms with Crippen LogP contribution in [-0.2, 0) is 24.1 Å². The lowest BCUT2D eigenvalue weighted by molar-refractivity contribution is 0.192. The van der Waals surface area contributed by atoms with E-state index >= 15 is 0 Å². The van der Waals surface area contributed by atoms with Gasteiger partial charge in [0.25, 0.3) is 0 Å². The van der Waals surface area contributed by atoms with Gasteiger partial charge in [0, 0.05) is 20.3 Å². The van der Waals surface area contributed by atoms with Crippen LogP contribution in [0.15, 0.2) is 18.2 Å². The van der Waals surface area contributed by atoms with Crippen LogP contribution in [0.2, 0.25) is 0 Å². The third-order valence-electron chi connectivity index (χ3n) is 3.69. The molecular formula is C16H25NO. The Kier molecular flexibility index (Phi) is 5.69. The van der Waals surface area contributed by atoms with Gasteiger partial charge in [-0.15, -0.1) is 0 Å². The van der Waals surface area contributed by atoms with Gasteiger partial charge in [0.2, 0.25) is 0 Å². The van der Waals surface area contributed by atoms with Gasteiger partial charge < -0.3 is 10.1 Å². The van der Waals surface area contributed by atoms with Crippen molar-refractivity contribution in [2.45, 2.75) is 45.1 Å². The number of rotatable bonds is 8. The van der Waals surface area contributed by atoms with Gasteiger partial charge in [-0.2, -0.15) is 0 Å². The average Bonchev–Trinajstić information content (AvgIpc) is 2.85. The lowest BCUT2D eigenvalue weighted by atomic mass is 10.1. The molecule has 0 unspecified atom stereocenters. The zero-order valence-corrected chi connectivity index (χ0v) is 11.5. The summed E-state index contributed by atoms with van der Waals surface area (Å²) in [5.74, 6) is 0. The van der Waals surface area contributed by atoms with Gasteiger partial charge in [-0.05, 0) is 61.8 Å². The molecule has 0 radical (unpaired) electrons. The summed E-state index contributed by atoms with van der Waals surface area (Å²) in [5.41, 5.74) is 4.58.